The molecule has 1 rings (SSSR count). The number of hydrogen-bond donors (Lipinski definition) is 0. The first kappa shape index (κ1) is 16.1. The van der Waals surface area contributed by atoms with Gasteiger partial charge in [-0.25, -0.2) is 0 Å². The highest BCUT2D eigenvalue weighted by atomic mass is 16.1. The summed E-state index contributed by atoms with van der Waals surface area (Å²) in [6.45, 7) is 6.38. The van der Waals surface area contributed by atoms with Crippen LogP contribution in [0.4, 0.5) is 0 Å². The lowest BCUT2D eigenvalue weighted by Gasteiger charge is -2.23. The molecule has 17 heavy (non-hydrogen) atoms. The summed E-state index contributed by atoms with van der Waals surface area (Å²) < 4.78 is 0. The lowest BCUT2D eigenvalue weighted by atomic mass is 9.82. The van der Waals surface area contributed by atoms with Gasteiger partial charge in [-0.3, -0.25) is 0 Å². The first-order valence-electron chi connectivity index (χ1n) is 6.72. The van der Waals surface area contributed by atoms with E-state index in [2.05, 4.69) is 19.9 Å². The Bertz CT molecular complexity index is 241. The van der Waals surface area contributed by atoms with Crippen LogP contribution in [0.5, 0.6) is 0 Å². The zero-order chi connectivity index (χ0) is 13.1. The molecule has 1 unspecified atom stereocenters. The third-order valence-corrected chi connectivity index (χ3v) is 3.09. The highest BCUT2D eigenvalue weighted by Gasteiger charge is 2.15. The van der Waals surface area contributed by atoms with Crippen LogP contribution in [-0.4, -0.2) is 12.6 Å². The normalized spacial score (nSPS) is 19.1. The molecule has 0 aromatic heterocycles. The molecule has 0 fully saturated rings. The summed E-state index contributed by atoms with van der Waals surface area (Å²) in [5.74, 6) is 1.52. The van der Waals surface area contributed by atoms with Crippen molar-refractivity contribution in [3.8, 4) is 0 Å². The van der Waals surface area contributed by atoms with Gasteiger partial charge in [0.25, 0.3) is 0 Å². The lowest BCUT2D eigenvalue weighted by Crippen LogP contribution is -2.10. The van der Waals surface area contributed by atoms with Crippen molar-refractivity contribution in [2.75, 3.05) is 0 Å². The number of rotatable bonds is 5. The molecule has 0 aliphatic heterocycles. The minimum absolute atomic E-state index is 0.639. The summed E-state index contributed by atoms with van der Waals surface area (Å²) in [7, 11) is 0. The van der Waals surface area contributed by atoms with E-state index >= 15 is 0 Å². The van der Waals surface area contributed by atoms with Crippen molar-refractivity contribution in [1.29, 1.82) is 0 Å². The number of allylic oxidation sites excluding steroid dienone is 2. The zero-order valence-electron chi connectivity index (χ0n) is 11.4. The van der Waals surface area contributed by atoms with Crippen molar-refractivity contribution >= 4 is 12.6 Å². The van der Waals surface area contributed by atoms with Crippen LogP contribution in [0, 0.1) is 11.8 Å². The van der Waals surface area contributed by atoms with Gasteiger partial charge in [0.15, 0.2) is 0 Å². The number of hydrogen-bond acceptors (Lipinski definition) is 2. The predicted octanol–water partition coefficient (Wildman–Crippen LogP) is 3.94. The Hall–Kier alpha value is -0.920. The Balaban J connectivity index is 0.000000557. The number of aldehydes is 2. The molecule has 0 radical (unpaired) electrons. The van der Waals surface area contributed by atoms with Crippen LogP contribution in [-0.2, 0) is 9.59 Å². The molecule has 1 aliphatic rings. The van der Waals surface area contributed by atoms with E-state index in [9.17, 15) is 9.59 Å². The van der Waals surface area contributed by atoms with Crippen molar-refractivity contribution in [2.24, 2.45) is 11.8 Å². The molecule has 98 valence electrons. The smallest absolute Gasteiger partial charge is 0.120 e. The second kappa shape index (κ2) is 10.2. The molecule has 0 N–H and O–H groups in total. The Morgan fingerprint density at radius 2 is 2.00 bits per heavy atom. The lowest BCUT2D eigenvalue weighted by molar-refractivity contribution is -0.108. The van der Waals surface area contributed by atoms with Gasteiger partial charge in [-0.1, -0.05) is 32.4 Å². The summed E-state index contributed by atoms with van der Waals surface area (Å²) in [5.41, 5.74) is 1.51. The molecule has 0 heterocycles. The third-order valence-electron chi connectivity index (χ3n) is 3.09. The van der Waals surface area contributed by atoms with E-state index in [0.29, 0.717) is 12.8 Å². The van der Waals surface area contributed by atoms with Crippen molar-refractivity contribution in [1.82, 2.24) is 0 Å². The van der Waals surface area contributed by atoms with E-state index in [-0.39, 0.29) is 0 Å². The molecule has 0 saturated carbocycles. The van der Waals surface area contributed by atoms with Crippen LogP contribution in [0.3, 0.4) is 0 Å². The fourth-order valence-electron chi connectivity index (χ4n) is 2.01. The second-order valence-corrected chi connectivity index (χ2v) is 4.91. The van der Waals surface area contributed by atoms with Crippen molar-refractivity contribution in [3.05, 3.63) is 11.6 Å². The standard InChI is InChI=1S/C12H20O.C3H6O/c1-10(2)12-7-3-5-11(9-12)6-4-8-13;1-2-3-4/h8-10,12H,3-7H2,1-2H3;3H,2H2,1H3. The van der Waals surface area contributed by atoms with Gasteiger partial charge < -0.3 is 9.59 Å². The summed E-state index contributed by atoms with van der Waals surface area (Å²) >= 11 is 0. The van der Waals surface area contributed by atoms with Crippen molar-refractivity contribution in [2.45, 2.75) is 59.3 Å². The number of carbonyl (C=O) groups is 2. The molecular weight excluding hydrogens is 212 g/mol. The summed E-state index contributed by atoms with van der Waals surface area (Å²) in [6.07, 6.45) is 10.5. The van der Waals surface area contributed by atoms with Gasteiger partial charge in [-0.05, 0) is 37.5 Å². The van der Waals surface area contributed by atoms with Crippen LogP contribution < -0.4 is 0 Å². The molecule has 1 atom stereocenters. The first-order valence-corrected chi connectivity index (χ1v) is 6.72. The van der Waals surface area contributed by atoms with E-state index in [1.807, 2.05) is 6.92 Å². The highest BCUT2D eigenvalue weighted by Crippen LogP contribution is 2.29. The molecule has 2 nitrogen and oxygen atoms in total. The second-order valence-electron chi connectivity index (χ2n) is 4.91. The van der Waals surface area contributed by atoms with Crippen LogP contribution in [0.15, 0.2) is 11.6 Å². The fraction of sp³-hybridized carbons (Fsp3) is 0.733. The van der Waals surface area contributed by atoms with E-state index in [4.69, 9.17) is 0 Å². The van der Waals surface area contributed by atoms with Crippen molar-refractivity contribution < 1.29 is 9.59 Å². The predicted molar refractivity (Wildman–Crippen MR) is 71.9 cm³/mol. The summed E-state index contributed by atoms with van der Waals surface area (Å²) in [6, 6.07) is 0. The zero-order valence-corrected chi connectivity index (χ0v) is 11.4. The molecule has 0 aromatic rings. The molecule has 2 heteroatoms. The fourth-order valence-corrected chi connectivity index (χ4v) is 2.01. The molecule has 0 amide bonds. The average molecular weight is 238 g/mol. The molecule has 0 aromatic carbocycles. The third kappa shape index (κ3) is 7.89. The highest BCUT2D eigenvalue weighted by molar-refractivity contribution is 5.49. The Morgan fingerprint density at radius 1 is 1.35 bits per heavy atom. The average Bonchev–Trinajstić information content (AvgIpc) is 2.37. The Kier molecular flexibility index (Phi) is 9.69. The summed E-state index contributed by atoms with van der Waals surface area (Å²) in [4.78, 5) is 19.4. The van der Waals surface area contributed by atoms with Crippen LogP contribution >= 0.6 is 0 Å². The van der Waals surface area contributed by atoms with E-state index in [1.165, 1.54) is 24.8 Å². The maximum atomic E-state index is 10.2. The van der Waals surface area contributed by atoms with E-state index in [1.54, 1.807) is 0 Å². The van der Waals surface area contributed by atoms with Crippen LogP contribution in [0.2, 0.25) is 0 Å². The molecule has 0 spiro atoms. The molecule has 0 saturated heterocycles. The van der Waals surface area contributed by atoms with Gasteiger partial charge >= 0.3 is 0 Å². The van der Waals surface area contributed by atoms with E-state index < -0.39 is 0 Å². The van der Waals surface area contributed by atoms with Crippen molar-refractivity contribution in [3.63, 3.8) is 0 Å². The van der Waals surface area contributed by atoms with Gasteiger partial charge in [0.2, 0.25) is 0 Å². The van der Waals surface area contributed by atoms with Crippen LogP contribution in [0.1, 0.15) is 59.3 Å². The molecule has 0 bridgehead atoms. The monoisotopic (exact) mass is 238 g/mol. The number of carbonyl (C=O) groups excluding carboxylic acids is 2. The largest absolute Gasteiger partial charge is 0.303 e. The van der Waals surface area contributed by atoms with Gasteiger partial charge in [0, 0.05) is 12.8 Å². The quantitative estimate of drug-likeness (QED) is 0.537. The topological polar surface area (TPSA) is 34.1 Å². The van der Waals surface area contributed by atoms with Gasteiger partial charge in [0.1, 0.15) is 12.6 Å². The first-order chi connectivity index (χ1) is 8.15. The van der Waals surface area contributed by atoms with Crippen LogP contribution in [0.25, 0.3) is 0 Å². The SMILES string of the molecule is CC(C)C1C=C(CCC=O)CCC1.CCC=O. The van der Waals surface area contributed by atoms with Gasteiger partial charge in [-0.15, -0.1) is 0 Å². The van der Waals surface area contributed by atoms with E-state index in [0.717, 1.165) is 30.8 Å². The minimum Gasteiger partial charge on any atom is -0.303 e. The molecule has 1 aliphatic carbocycles. The minimum atomic E-state index is 0.639. The maximum Gasteiger partial charge on any atom is 0.120 e. The maximum absolute atomic E-state index is 10.2. The Labute approximate surface area is 105 Å². The summed E-state index contributed by atoms with van der Waals surface area (Å²) in [5, 5.41) is 0. The molecular formula is C15H26O2. The van der Waals surface area contributed by atoms with Gasteiger partial charge in [-0.2, -0.15) is 0 Å². The Morgan fingerprint density at radius 3 is 2.47 bits per heavy atom. The van der Waals surface area contributed by atoms with Gasteiger partial charge in [0.05, 0.1) is 0 Å².